The molecule has 0 unspecified atom stereocenters. The molecule has 0 aliphatic heterocycles. The van der Waals surface area contributed by atoms with Crippen molar-refractivity contribution in [1.82, 2.24) is 0 Å². The van der Waals surface area contributed by atoms with Crippen molar-refractivity contribution in [2.45, 2.75) is 43.9 Å². The van der Waals surface area contributed by atoms with Crippen molar-refractivity contribution in [3.8, 4) is 27.3 Å². The maximum absolute atomic E-state index is 12.9. The van der Waals surface area contributed by atoms with Gasteiger partial charge >= 0.3 is 5.97 Å². The Hall–Kier alpha value is -2.61. The fourth-order valence-corrected chi connectivity index (χ4v) is 6.06. The number of hydrogen-bond acceptors (Lipinski definition) is 5. The molecule has 2 N–H and O–H groups in total. The van der Waals surface area contributed by atoms with E-state index in [-0.39, 0.29) is 5.97 Å². The lowest BCUT2D eigenvalue weighted by molar-refractivity contribution is -0.146. The highest BCUT2D eigenvalue weighted by atomic mass is 35.5. The van der Waals surface area contributed by atoms with Gasteiger partial charge in [0.05, 0.1) is 29.0 Å². The van der Waals surface area contributed by atoms with Crippen LogP contribution in [0, 0.1) is 0 Å². The highest BCUT2D eigenvalue weighted by Crippen LogP contribution is 2.50. The first-order valence-electron chi connectivity index (χ1n) is 11.6. The summed E-state index contributed by atoms with van der Waals surface area (Å²) in [5.41, 5.74) is 9.10. The van der Waals surface area contributed by atoms with Crippen LogP contribution < -0.4 is 10.5 Å². The summed E-state index contributed by atoms with van der Waals surface area (Å²) >= 11 is 7.44. The zero-order valence-corrected chi connectivity index (χ0v) is 23.0. The minimum absolute atomic E-state index is 0.106. The third kappa shape index (κ3) is 5.47. The smallest absolute Gasteiger partial charge is 0.316 e. The summed E-state index contributed by atoms with van der Waals surface area (Å²) in [6.07, 6.45) is 1.64. The van der Waals surface area contributed by atoms with Crippen LogP contribution in [0.2, 0.25) is 30.0 Å². The summed E-state index contributed by atoms with van der Waals surface area (Å²) in [7, 11) is 0.367. The maximum atomic E-state index is 12.9. The second kappa shape index (κ2) is 9.80. The first kappa shape index (κ1) is 25.5. The van der Waals surface area contributed by atoms with Crippen LogP contribution in [0.4, 0.5) is 0 Å². The van der Waals surface area contributed by atoms with E-state index in [2.05, 4.69) is 19.6 Å². The molecule has 2 aromatic carbocycles. The lowest BCUT2D eigenvalue weighted by Crippen LogP contribution is -2.27. The van der Waals surface area contributed by atoms with Gasteiger partial charge in [-0.15, -0.1) is 11.3 Å². The lowest BCUT2D eigenvalue weighted by atomic mass is 9.93. The van der Waals surface area contributed by atoms with Crippen LogP contribution in [-0.4, -0.2) is 33.7 Å². The van der Waals surface area contributed by atoms with Crippen molar-refractivity contribution < 1.29 is 19.1 Å². The molecular weight excluding hydrogens is 498 g/mol. The number of carbonyl (C=O) groups excluding carboxylic acids is 2. The predicted molar refractivity (Wildman–Crippen MR) is 145 cm³/mol. The Bertz CT molecular complexity index is 1260. The van der Waals surface area contributed by atoms with Gasteiger partial charge in [0.25, 0.3) is 0 Å². The van der Waals surface area contributed by atoms with Crippen molar-refractivity contribution in [2.24, 2.45) is 5.73 Å². The predicted octanol–water partition coefficient (Wildman–Crippen LogP) is 6.76. The van der Waals surface area contributed by atoms with E-state index in [1.807, 2.05) is 42.5 Å². The second-order valence-corrected chi connectivity index (χ2v) is 17.5. The third-order valence-corrected chi connectivity index (χ3v) is 9.42. The Balaban J connectivity index is 1.56. The van der Waals surface area contributed by atoms with E-state index < -0.39 is 19.4 Å². The van der Waals surface area contributed by atoms with Gasteiger partial charge in [0.2, 0.25) is 5.91 Å². The summed E-state index contributed by atoms with van der Waals surface area (Å²) in [6.45, 7) is 7.34. The van der Waals surface area contributed by atoms with Crippen LogP contribution in [0.15, 0.2) is 48.5 Å². The first-order chi connectivity index (χ1) is 16.5. The fraction of sp³-hybridized carbons (Fsp3) is 0.333. The molecular formula is C27H30ClNO4SSi. The van der Waals surface area contributed by atoms with Crippen molar-refractivity contribution in [3.05, 3.63) is 64.0 Å². The number of thiophene rings is 1. The topological polar surface area (TPSA) is 78.6 Å². The molecule has 1 amide bonds. The minimum atomic E-state index is -1.25. The molecule has 5 nitrogen and oxygen atoms in total. The zero-order valence-electron chi connectivity index (χ0n) is 20.4. The summed E-state index contributed by atoms with van der Waals surface area (Å²) in [4.78, 5) is 25.4. The Morgan fingerprint density at radius 1 is 1.06 bits per heavy atom. The summed E-state index contributed by atoms with van der Waals surface area (Å²) < 4.78 is 11.8. The SMILES string of the molecule is COc1cc(-c2sc(Cl)cc2C(N)=O)ccc1-c1ccc(C2(C(=O)OCC[Si](C)(C)C)CC2)cc1. The number of hydrogen-bond donors (Lipinski definition) is 1. The van der Waals surface area contributed by atoms with E-state index in [1.165, 1.54) is 11.3 Å². The number of rotatable bonds is 9. The number of carbonyl (C=O) groups is 2. The quantitative estimate of drug-likeness (QED) is 0.246. The molecule has 1 heterocycles. The molecule has 1 aliphatic carbocycles. The Morgan fingerprint density at radius 3 is 2.29 bits per heavy atom. The van der Waals surface area contributed by atoms with Gasteiger partial charge in [-0.05, 0) is 47.7 Å². The summed E-state index contributed by atoms with van der Waals surface area (Å²) in [6, 6.07) is 16.4. The van der Waals surface area contributed by atoms with Gasteiger partial charge in [-0.1, -0.05) is 67.6 Å². The van der Waals surface area contributed by atoms with Crippen LogP contribution in [-0.2, 0) is 14.9 Å². The molecule has 4 rings (SSSR count). The largest absolute Gasteiger partial charge is 0.496 e. The first-order valence-corrected chi connectivity index (χ1v) is 16.5. The fourth-order valence-electron chi connectivity index (χ4n) is 4.12. The number of methoxy groups -OCH3 is 1. The molecule has 35 heavy (non-hydrogen) atoms. The van der Waals surface area contributed by atoms with Gasteiger partial charge in [0.1, 0.15) is 5.75 Å². The van der Waals surface area contributed by atoms with Crippen molar-refractivity contribution >= 4 is 42.9 Å². The van der Waals surface area contributed by atoms with Crippen LogP contribution in [0.3, 0.4) is 0 Å². The van der Waals surface area contributed by atoms with E-state index in [4.69, 9.17) is 26.8 Å². The van der Waals surface area contributed by atoms with Gasteiger partial charge < -0.3 is 15.2 Å². The Morgan fingerprint density at radius 2 is 1.71 bits per heavy atom. The normalized spacial score (nSPS) is 14.4. The van der Waals surface area contributed by atoms with Crippen LogP contribution in [0.25, 0.3) is 21.6 Å². The third-order valence-electron chi connectivity index (χ3n) is 6.41. The number of primary amides is 1. The molecule has 0 bridgehead atoms. The maximum Gasteiger partial charge on any atom is 0.316 e. The molecule has 0 spiro atoms. The Kier molecular flexibility index (Phi) is 7.13. The molecule has 0 atom stereocenters. The number of esters is 1. The van der Waals surface area contributed by atoms with Gasteiger partial charge in [-0.2, -0.15) is 0 Å². The minimum Gasteiger partial charge on any atom is -0.496 e. The van der Waals surface area contributed by atoms with Gasteiger partial charge in [0.15, 0.2) is 0 Å². The van der Waals surface area contributed by atoms with Crippen LogP contribution >= 0.6 is 22.9 Å². The Labute approximate surface area is 216 Å². The average molecular weight is 528 g/mol. The zero-order chi connectivity index (χ0) is 25.4. The number of amides is 1. The molecule has 1 saturated carbocycles. The summed E-state index contributed by atoms with van der Waals surface area (Å²) in [5, 5.41) is 0. The van der Waals surface area contributed by atoms with Gasteiger partial charge in [-0.3, -0.25) is 9.59 Å². The van der Waals surface area contributed by atoms with E-state index in [1.54, 1.807) is 13.2 Å². The number of halogens is 1. The standard InChI is InChI=1S/C27H30ClNO4SSi/c1-32-22-15-18(24-21(25(29)30)16-23(28)34-24)7-10-20(22)17-5-8-19(9-6-17)27(11-12-27)26(31)33-13-14-35(2,3)4/h5-10,15-16H,11-14H2,1-4H3,(H2,29,30). The average Bonchev–Trinajstić information content (AvgIpc) is 3.53. The second-order valence-electron chi connectivity index (χ2n) is 10.2. The van der Waals surface area contributed by atoms with Crippen LogP contribution in [0.5, 0.6) is 5.75 Å². The molecule has 0 radical (unpaired) electrons. The van der Waals surface area contributed by atoms with Crippen molar-refractivity contribution in [3.63, 3.8) is 0 Å². The van der Waals surface area contributed by atoms with E-state index >= 15 is 0 Å². The van der Waals surface area contributed by atoms with Crippen molar-refractivity contribution in [1.29, 1.82) is 0 Å². The van der Waals surface area contributed by atoms with E-state index in [9.17, 15) is 9.59 Å². The highest BCUT2D eigenvalue weighted by molar-refractivity contribution is 7.19. The monoisotopic (exact) mass is 527 g/mol. The molecule has 1 aliphatic rings. The lowest BCUT2D eigenvalue weighted by Gasteiger charge is -2.19. The number of benzene rings is 2. The molecule has 1 aromatic heterocycles. The van der Waals surface area contributed by atoms with Gasteiger partial charge in [-0.25, -0.2) is 0 Å². The summed E-state index contributed by atoms with van der Waals surface area (Å²) in [5.74, 6) is 0.0437. The van der Waals surface area contributed by atoms with E-state index in [0.29, 0.717) is 27.1 Å². The molecule has 0 saturated heterocycles. The number of nitrogens with two attached hydrogens (primary N) is 1. The van der Waals surface area contributed by atoms with Crippen molar-refractivity contribution in [2.75, 3.05) is 13.7 Å². The van der Waals surface area contributed by atoms with Crippen LogP contribution in [0.1, 0.15) is 28.8 Å². The molecule has 1 fully saturated rings. The molecule has 3 aromatic rings. The number of ether oxygens (including phenoxy) is 2. The van der Waals surface area contributed by atoms with Gasteiger partial charge in [0, 0.05) is 18.5 Å². The molecule has 184 valence electrons. The highest BCUT2D eigenvalue weighted by Gasteiger charge is 2.52. The van der Waals surface area contributed by atoms with E-state index in [0.717, 1.165) is 41.1 Å². The molecule has 8 heteroatoms.